The zero-order valence-electron chi connectivity index (χ0n) is 19.9. The monoisotopic (exact) mass is 456 g/mol. The molecule has 34 heavy (non-hydrogen) atoms. The smallest absolute Gasteiger partial charge is 0.337 e. The number of rotatable bonds is 7. The maximum atomic E-state index is 11.5. The average Bonchev–Trinajstić information content (AvgIpc) is 2.82. The van der Waals surface area contributed by atoms with E-state index in [1.165, 1.54) is 59.6 Å². The van der Waals surface area contributed by atoms with Crippen molar-refractivity contribution in [2.75, 3.05) is 37.4 Å². The lowest BCUT2D eigenvalue weighted by Gasteiger charge is -2.36. The van der Waals surface area contributed by atoms with Gasteiger partial charge in [0.1, 0.15) is 0 Å². The van der Waals surface area contributed by atoms with E-state index in [-0.39, 0.29) is 11.6 Å². The molecule has 0 unspecified atom stereocenters. The van der Waals surface area contributed by atoms with E-state index in [1.54, 1.807) is 6.20 Å². The lowest BCUT2D eigenvalue weighted by atomic mass is 9.80. The minimum absolute atomic E-state index is 0.159. The molecule has 2 aliphatic rings. The van der Waals surface area contributed by atoms with Gasteiger partial charge in [-0.1, -0.05) is 24.6 Å². The van der Waals surface area contributed by atoms with E-state index < -0.39 is 5.97 Å². The molecule has 1 aliphatic heterocycles. The number of benzene rings is 2. The molecule has 0 amide bonds. The van der Waals surface area contributed by atoms with Gasteiger partial charge < -0.3 is 15.3 Å². The Bertz CT molecular complexity index is 1170. The Morgan fingerprint density at radius 2 is 1.91 bits per heavy atom. The summed E-state index contributed by atoms with van der Waals surface area (Å²) in [6, 6.07) is 17.5. The molecule has 0 saturated heterocycles. The fourth-order valence-corrected chi connectivity index (χ4v) is 5.09. The van der Waals surface area contributed by atoms with Crippen molar-refractivity contribution in [1.82, 2.24) is 9.88 Å². The molecule has 0 radical (unpaired) electrons. The molecule has 5 rings (SSSR count). The number of carboxylic acids is 1. The summed E-state index contributed by atoms with van der Waals surface area (Å²) in [5.74, 6) is -0.195. The van der Waals surface area contributed by atoms with Crippen LogP contribution < -0.4 is 10.2 Å². The molecule has 2 N–H and O–H groups in total. The lowest BCUT2D eigenvalue weighted by Crippen LogP contribution is -2.36. The summed E-state index contributed by atoms with van der Waals surface area (Å²) in [5, 5.41) is 12.8. The van der Waals surface area contributed by atoms with E-state index in [9.17, 15) is 9.90 Å². The van der Waals surface area contributed by atoms with Gasteiger partial charge >= 0.3 is 5.97 Å². The van der Waals surface area contributed by atoms with Crippen molar-refractivity contribution in [3.05, 3.63) is 83.2 Å². The third-order valence-electron chi connectivity index (χ3n) is 7.53. The molecule has 6 heteroatoms. The van der Waals surface area contributed by atoms with E-state index in [0.717, 1.165) is 18.9 Å². The first-order valence-corrected chi connectivity index (χ1v) is 12.1. The molecular weight excluding hydrogens is 424 g/mol. The van der Waals surface area contributed by atoms with E-state index in [0.29, 0.717) is 12.2 Å². The summed E-state index contributed by atoms with van der Waals surface area (Å²) in [6.45, 7) is 1.58. The summed E-state index contributed by atoms with van der Waals surface area (Å²) >= 11 is 0. The number of hydrogen-bond acceptors (Lipinski definition) is 5. The minimum Gasteiger partial charge on any atom is -0.478 e. The highest BCUT2D eigenvalue weighted by atomic mass is 16.4. The van der Waals surface area contributed by atoms with Crippen LogP contribution in [0, 0.1) is 0 Å². The molecule has 176 valence electrons. The van der Waals surface area contributed by atoms with Crippen LogP contribution >= 0.6 is 0 Å². The Kier molecular flexibility index (Phi) is 6.24. The molecule has 1 aromatic heterocycles. The molecular formula is C28H32N4O2. The Morgan fingerprint density at radius 1 is 1.15 bits per heavy atom. The Labute approximate surface area is 201 Å². The van der Waals surface area contributed by atoms with Crippen molar-refractivity contribution in [3.63, 3.8) is 0 Å². The van der Waals surface area contributed by atoms with Crippen LogP contribution in [0.3, 0.4) is 0 Å². The number of hydrogen-bond donors (Lipinski definition) is 2. The largest absolute Gasteiger partial charge is 0.478 e. The van der Waals surface area contributed by atoms with Crippen molar-refractivity contribution in [2.24, 2.45) is 0 Å². The minimum atomic E-state index is -0.948. The highest BCUT2D eigenvalue weighted by Gasteiger charge is 2.26. The van der Waals surface area contributed by atoms with Crippen LogP contribution in [0.15, 0.2) is 60.9 Å². The Hall–Kier alpha value is -3.38. The van der Waals surface area contributed by atoms with E-state index in [1.807, 2.05) is 0 Å². The van der Waals surface area contributed by atoms with Gasteiger partial charge in [-0.3, -0.25) is 9.88 Å². The predicted octanol–water partition coefficient (Wildman–Crippen LogP) is 5.46. The molecule has 6 nitrogen and oxygen atoms in total. The molecule has 1 atom stereocenters. The van der Waals surface area contributed by atoms with Gasteiger partial charge in [-0.2, -0.15) is 0 Å². The van der Waals surface area contributed by atoms with E-state index in [4.69, 9.17) is 0 Å². The molecule has 2 aromatic carbocycles. The maximum absolute atomic E-state index is 11.5. The number of carboxylic acid groups (broad SMARTS) is 1. The number of aromatic carboxylic acids is 1. The van der Waals surface area contributed by atoms with Gasteiger partial charge in [0.2, 0.25) is 0 Å². The first-order chi connectivity index (χ1) is 16.5. The van der Waals surface area contributed by atoms with Crippen LogP contribution in [0.25, 0.3) is 0 Å². The predicted molar refractivity (Wildman–Crippen MR) is 136 cm³/mol. The van der Waals surface area contributed by atoms with Gasteiger partial charge in [0.15, 0.2) is 0 Å². The van der Waals surface area contributed by atoms with Crippen molar-refractivity contribution in [1.29, 1.82) is 0 Å². The van der Waals surface area contributed by atoms with E-state index >= 15 is 0 Å². The second-order valence-corrected chi connectivity index (χ2v) is 9.52. The molecule has 0 spiro atoms. The van der Waals surface area contributed by atoms with Crippen LogP contribution in [0.1, 0.15) is 58.3 Å². The number of nitrogens with zero attached hydrogens (tertiary/aromatic N) is 3. The average molecular weight is 457 g/mol. The van der Waals surface area contributed by atoms with Crippen LogP contribution in [-0.4, -0.2) is 48.1 Å². The molecule has 1 saturated carbocycles. The fourth-order valence-electron chi connectivity index (χ4n) is 5.09. The standard InChI is InChI=1S/C28H32N4O2/c1-31-15-13-21-16-23(32(2)22-8-6-20(7-9-22)19-4-3-5-19)10-11-24(21)27(31)18-30-26-17-29-14-12-25(26)28(33)34/h6-12,14,16-17,19,27,30H,3-5,13,15,18H2,1-2H3,(H,33,34)/t27-/m0/s1. The number of carbonyl (C=O) groups is 1. The Balaban J connectivity index is 1.33. The lowest BCUT2D eigenvalue weighted by molar-refractivity contribution is 0.0697. The highest BCUT2D eigenvalue weighted by molar-refractivity contribution is 5.93. The second-order valence-electron chi connectivity index (χ2n) is 9.52. The third kappa shape index (κ3) is 4.38. The molecule has 2 heterocycles. The van der Waals surface area contributed by atoms with Gasteiger partial charge in [-0.05, 0) is 79.3 Å². The highest BCUT2D eigenvalue weighted by Crippen LogP contribution is 2.38. The van der Waals surface area contributed by atoms with Gasteiger partial charge in [0.25, 0.3) is 0 Å². The van der Waals surface area contributed by atoms with Crippen LogP contribution in [0.2, 0.25) is 0 Å². The fraction of sp³-hybridized carbons (Fsp3) is 0.357. The zero-order valence-corrected chi connectivity index (χ0v) is 19.9. The van der Waals surface area contributed by atoms with Crippen LogP contribution in [0.5, 0.6) is 0 Å². The first kappa shape index (κ1) is 22.4. The van der Waals surface area contributed by atoms with Crippen molar-refractivity contribution in [3.8, 4) is 0 Å². The quantitative estimate of drug-likeness (QED) is 0.492. The zero-order chi connectivity index (χ0) is 23.7. The topological polar surface area (TPSA) is 68.7 Å². The number of nitrogens with one attached hydrogen (secondary N) is 1. The molecule has 1 fully saturated rings. The summed E-state index contributed by atoms with van der Waals surface area (Å²) in [5.41, 5.74) is 7.29. The Morgan fingerprint density at radius 3 is 2.62 bits per heavy atom. The SMILES string of the molecule is CN(c1ccc(C2CCC2)cc1)c1ccc2c(c1)CCN(C)[C@H]2CNc1cnccc1C(=O)O. The van der Waals surface area contributed by atoms with Crippen molar-refractivity contribution >= 4 is 23.0 Å². The van der Waals surface area contributed by atoms with Crippen LogP contribution in [-0.2, 0) is 6.42 Å². The maximum Gasteiger partial charge on any atom is 0.337 e. The van der Waals surface area contributed by atoms with Gasteiger partial charge in [0, 0.05) is 37.7 Å². The van der Waals surface area contributed by atoms with E-state index in [2.05, 4.69) is 76.7 Å². The first-order valence-electron chi connectivity index (χ1n) is 12.1. The normalized spacial score (nSPS) is 18.1. The van der Waals surface area contributed by atoms with Crippen LogP contribution in [0.4, 0.5) is 17.1 Å². The number of likely N-dealkylation sites (N-methyl/N-ethyl adjacent to an activating group) is 1. The summed E-state index contributed by atoms with van der Waals surface area (Å²) < 4.78 is 0. The van der Waals surface area contributed by atoms with Gasteiger partial charge in [-0.25, -0.2) is 4.79 Å². The number of pyridine rings is 1. The van der Waals surface area contributed by atoms with Crippen molar-refractivity contribution in [2.45, 2.75) is 37.6 Å². The van der Waals surface area contributed by atoms with Gasteiger partial charge in [0.05, 0.1) is 23.5 Å². The molecule has 3 aromatic rings. The third-order valence-corrected chi connectivity index (χ3v) is 7.53. The summed E-state index contributed by atoms with van der Waals surface area (Å²) in [6.07, 6.45) is 8.09. The van der Waals surface area contributed by atoms with Gasteiger partial charge in [-0.15, -0.1) is 0 Å². The number of fused-ring (bicyclic) bond motifs is 1. The molecule has 1 aliphatic carbocycles. The summed E-state index contributed by atoms with van der Waals surface area (Å²) in [7, 11) is 4.25. The molecule has 0 bridgehead atoms. The second kappa shape index (κ2) is 9.47. The number of anilines is 3. The summed E-state index contributed by atoms with van der Waals surface area (Å²) in [4.78, 5) is 20.2. The van der Waals surface area contributed by atoms with Crippen molar-refractivity contribution < 1.29 is 9.90 Å². The number of aromatic nitrogens is 1.